The maximum absolute atomic E-state index is 14.0. The molecule has 1 aromatic rings. The fraction of sp³-hybridized carbons (Fsp3) is 0.571. The van der Waals surface area contributed by atoms with E-state index in [-0.39, 0.29) is 5.82 Å². The van der Waals surface area contributed by atoms with Crippen LogP contribution in [-0.2, 0) is 5.88 Å². The molecular weight excluding hydrogens is 237 g/mol. The van der Waals surface area contributed by atoms with Crippen molar-refractivity contribution < 1.29 is 4.39 Å². The van der Waals surface area contributed by atoms with Gasteiger partial charge in [-0.25, -0.2) is 4.39 Å². The Bertz CT molecular complexity index is 388. The first-order chi connectivity index (χ1) is 8.13. The number of rotatable bonds is 5. The first kappa shape index (κ1) is 12.7. The van der Waals surface area contributed by atoms with Crippen molar-refractivity contribution in [3.05, 3.63) is 29.6 Å². The van der Waals surface area contributed by atoms with Crippen LogP contribution in [0.1, 0.15) is 32.3 Å². The van der Waals surface area contributed by atoms with Gasteiger partial charge in [-0.3, -0.25) is 0 Å². The average Bonchev–Trinajstić information content (AvgIpc) is 3.09. The third-order valence-electron chi connectivity index (χ3n) is 3.28. The van der Waals surface area contributed by atoms with Gasteiger partial charge in [-0.2, -0.15) is 0 Å². The third-order valence-corrected chi connectivity index (χ3v) is 3.56. The van der Waals surface area contributed by atoms with E-state index in [1.165, 1.54) is 18.9 Å². The van der Waals surface area contributed by atoms with Gasteiger partial charge < -0.3 is 4.90 Å². The number of anilines is 1. The molecule has 3 heteroatoms. The maximum atomic E-state index is 14.0. The monoisotopic (exact) mass is 255 g/mol. The Balaban J connectivity index is 2.32. The molecule has 0 spiro atoms. The Morgan fingerprint density at radius 2 is 2.12 bits per heavy atom. The molecule has 0 aliphatic heterocycles. The summed E-state index contributed by atoms with van der Waals surface area (Å²) in [5, 5.41) is 0. The van der Waals surface area contributed by atoms with Crippen molar-refractivity contribution in [3.8, 4) is 0 Å². The Labute approximate surface area is 108 Å². The van der Waals surface area contributed by atoms with E-state index in [9.17, 15) is 4.39 Å². The molecule has 0 bridgehead atoms. The first-order valence-corrected chi connectivity index (χ1v) is 6.77. The summed E-state index contributed by atoms with van der Waals surface area (Å²) >= 11 is 5.91. The Morgan fingerprint density at radius 3 is 2.65 bits per heavy atom. The standard InChI is InChI=1S/C14H19ClFN/c1-10(2)17(9-11-6-7-11)14-12(8-15)4-3-5-13(14)16/h3-5,10-11H,6-9H2,1-2H3. The van der Waals surface area contributed by atoms with Crippen LogP contribution in [-0.4, -0.2) is 12.6 Å². The second-order valence-corrected chi connectivity index (χ2v) is 5.34. The van der Waals surface area contributed by atoms with E-state index in [0.717, 1.165) is 18.0 Å². The number of para-hydroxylation sites is 1. The van der Waals surface area contributed by atoms with Crippen LogP contribution in [0, 0.1) is 11.7 Å². The quantitative estimate of drug-likeness (QED) is 0.713. The minimum Gasteiger partial charge on any atom is -0.366 e. The van der Waals surface area contributed by atoms with Crippen molar-refractivity contribution in [1.29, 1.82) is 0 Å². The topological polar surface area (TPSA) is 3.24 Å². The smallest absolute Gasteiger partial charge is 0.146 e. The maximum Gasteiger partial charge on any atom is 0.146 e. The molecule has 0 heterocycles. The van der Waals surface area contributed by atoms with E-state index < -0.39 is 0 Å². The van der Waals surface area contributed by atoms with Crippen molar-refractivity contribution in [2.24, 2.45) is 5.92 Å². The van der Waals surface area contributed by atoms with Crippen LogP contribution in [0.3, 0.4) is 0 Å². The molecule has 0 aromatic heterocycles. The SMILES string of the molecule is CC(C)N(CC1CC1)c1c(F)cccc1CCl. The van der Waals surface area contributed by atoms with Crippen LogP contribution in [0.2, 0.25) is 0 Å². The Morgan fingerprint density at radius 1 is 1.41 bits per heavy atom. The molecule has 1 aliphatic rings. The van der Waals surface area contributed by atoms with Gasteiger partial charge in [0.1, 0.15) is 5.82 Å². The van der Waals surface area contributed by atoms with E-state index >= 15 is 0 Å². The van der Waals surface area contributed by atoms with Gasteiger partial charge in [0.15, 0.2) is 0 Å². The fourth-order valence-corrected chi connectivity index (χ4v) is 2.34. The van der Waals surface area contributed by atoms with Crippen LogP contribution in [0.5, 0.6) is 0 Å². The number of alkyl halides is 1. The zero-order valence-electron chi connectivity index (χ0n) is 10.4. The van der Waals surface area contributed by atoms with Crippen LogP contribution in [0.15, 0.2) is 18.2 Å². The van der Waals surface area contributed by atoms with Crippen LogP contribution in [0.4, 0.5) is 10.1 Å². The molecule has 0 saturated heterocycles. The van der Waals surface area contributed by atoms with E-state index in [4.69, 9.17) is 11.6 Å². The lowest BCUT2D eigenvalue weighted by Gasteiger charge is -2.31. The van der Waals surface area contributed by atoms with E-state index in [2.05, 4.69) is 18.7 Å². The van der Waals surface area contributed by atoms with Crippen molar-refractivity contribution >= 4 is 17.3 Å². The van der Waals surface area contributed by atoms with Gasteiger partial charge in [0, 0.05) is 18.5 Å². The zero-order valence-corrected chi connectivity index (χ0v) is 11.2. The summed E-state index contributed by atoms with van der Waals surface area (Å²) in [4.78, 5) is 2.16. The zero-order chi connectivity index (χ0) is 12.4. The number of benzene rings is 1. The van der Waals surface area contributed by atoms with Gasteiger partial charge in [-0.1, -0.05) is 12.1 Å². The van der Waals surface area contributed by atoms with Crippen molar-refractivity contribution in [3.63, 3.8) is 0 Å². The van der Waals surface area contributed by atoms with Gasteiger partial charge in [-0.15, -0.1) is 11.6 Å². The number of nitrogens with zero attached hydrogens (tertiary/aromatic N) is 1. The third kappa shape index (κ3) is 2.92. The summed E-state index contributed by atoms with van der Waals surface area (Å²) in [6, 6.07) is 5.46. The van der Waals surface area contributed by atoms with Gasteiger partial charge in [0.2, 0.25) is 0 Å². The highest BCUT2D eigenvalue weighted by Gasteiger charge is 2.27. The predicted molar refractivity (Wildman–Crippen MR) is 71.2 cm³/mol. The fourth-order valence-electron chi connectivity index (χ4n) is 2.13. The molecule has 1 aliphatic carbocycles. The van der Waals surface area contributed by atoms with Crippen molar-refractivity contribution in [2.75, 3.05) is 11.4 Å². The average molecular weight is 256 g/mol. The summed E-state index contributed by atoms with van der Waals surface area (Å²) in [6.07, 6.45) is 2.54. The molecule has 1 saturated carbocycles. The molecule has 17 heavy (non-hydrogen) atoms. The van der Waals surface area contributed by atoms with E-state index in [0.29, 0.717) is 17.6 Å². The number of halogens is 2. The van der Waals surface area contributed by atoms with Crippen LogP contribution in [0.25, 0.3) is 0 Å². The van der Waals surface area contributed by atoms with Gasteiger partial charge in [0.25, 0.3) is 0 Å². The Hall–Kier alpha value is -0.760. The number of hydrogen-bond donors (Lipinski definition) is 0. The molecule has 0 radical (unpaired) electrons. The largest absolute Gasteiger partial charge is 0.366 e. The van der Waals surface area contributed by atoms with Gasteiger partial charge >= 0.3 is 0 Å². The highest BCUT2D eigenvalue weighted by Crippen LogP contribution is 2.35. The van der Waals surface area contributed by atoms with Gasteiger partial charge in [-0.05, 0) is 44.2 Å². The summed E-state index contributed by atoms with van der Waals surface area (Å²) < 4.78 is 14.0. The second kappa shape index (κ2) is 5.26. The molecule has 0 atom stereocenters. The lowest BCUT2D eigenvalue weighted by Crippen LogP contribution is -2.34. The summed E-state index contributed by atoms with van der Waals surface area (Å²) in [6.45, 7) is 5.15. The predicted octanol–water partition coefficient (Wildman–Crippen LogP) is 4.19. The Kier molecular flexibility index (Phi) is 3.93. The molecule has 1 aromatic carbocycles. The van der Waals surface area contributed by atoms with E-state index in [1.54, 1.807) is 6.07 Å². The highest BCUT2D eigenvalue weighted by atomic mass is 35.5. The van der Waals surface area contributed by atoms with Gasteiger partial charge in [0.05, 0.1) is 5.69 Å². The van der Waals surface area contributed by atoms with Crippen LogP contribution >= 0.6 is 11.6 Å². The minimum atomic E-state index is -0.155. The first-order valence-electron chi connectivity index (χ1n) is 6.23. The molecule has 0 amide bonds. The molecule has 1 fully saturated rings. The summed E-state index contributed by atoms with van der Waals surface area (Å²) in [5.41, 5.74) is 1.59. The molecular formula is C14H19ClFN. The van der Waals surface area contributed by atoms with Crippen LogP contribution < -0.4 is 4.90 Å². The normalized spacial score (nSPS) is 15.4. The van der Waals surface area contributed by atoms with Crippen molar-refractivity contribution in [2.45, 2.75) is 38.6 Å². The molecule has 2 rings (SSSR count). The summed E-state index contributed by atoms with van der Waals surface area (Å²) in [5.74, 6) is 0.943. The summed E-state index contributed by atoms with van der Waals surface area (Å²) in [7, 11) is 0. The minimum absolute atomic E-state index is 0.155. The molecule has 1 nitrogen and oxygen atoms in total. The lowest BCUT2D eigenvalue weighted by molar-refractivity contribution is 0.586. The van der Waals surface area contributed by atoms with E-state index in [1.807, 2.05) is 6.07 Å². The van der Waals surface area contributed by atoms with Crippen molar-refractivity contribution in [1.82, 2.24) is 0 Å². The lowest BCUT2D eigenvalue weighted by atomic mass is 10.1. The molecule has 94 valence electrons. The molecule has 0 N–H and O–H groups in total. The number of hydrogen-bond acceptors (Lipinski definition) is 1. The molecule has 0 unspecified atom stereocenters. The second-order valence-electron chi connectivity index (χ2n) is 5.07. The highest BCUT2D eigenvalue weighted by molar-refractivity contribution is 6.17.